The third kappa shape index (κ3) is 5.88. The Hall–Kier alpha value is -1.35. The van der Waals surface area contributed by atoms with Gasteiger partial charge in [-0.05, 0) is 44.0 Å². The van der Waals surface area contributed by atoms with Crippen LogP contribution in [0.4, 0.5) is 5.82 Å². The summed E-state index contributed by atoms with van der Waals surface area (Å²) in [6.07, 6.45) is 1.89. The van der Waals surface area contributed by atoms with Gasteiger partial charge < -0.3 is 10.2 Å². The number of nitrogens with one attached hydrogen (secondary N) is 1. The first kappa shape index (κ1) is 15.7. The second kappa shape index (κ2) is 7.95. The SMILES string of the molecule is C=C(C)CN(CC)c1cc(CNCC(C)C)ccn1. The summed E-state index contributed by atoms with van der Waals surface area (Å²) in [6.45, 7) is 16.4. The van der Waals surface area contributed by atoms with Crippen LogP contribution in [-0.4, -0.2) is 24.6 Å². The zero-order chi connectivity index (χ0) is 14.3. The number of nitrogens with zero attached hydrogens (tertiary/aromatic N) is 2. The van der Waals surface area contributed by atoms with E-state index in [1.54, 1.807) is 0 Å². The molecule has 0 amide bonds. The van der Waals surface area contributed by atoms with Gasteiger partial charge in [0.1, 0.15) is 5.82 Å². The van der Waals surface area contributed by atoms with Gasteiger partial charge in [-0.25, -0.2) is 4.98 Å². The minimum atomic E-state index is 0.678. The van der Waals surface area contributed by atoms with Crippen molar-refractivity contribution in [2.24, 2.45) is 5.92 Å². The zero-order valence-electron chi connectivity index (χ0n) is 12.7. The van der Waals surface area contributed by atoms with Crippen molar-refractivity contribution in [1.82, 2.24) is 10.3 Å². The Balaban J connectivity index is 2.66. The molecule has 0 spiro atoms. The lowest BCUT2D eigenvalue weighted by atomic mass is 10.2. The molecule has 0 radical (unpaired) electrons. The Kier molecular flexibility index (Phi) is 6.57. The van der Waals surface area contributed by atoms with Gasteiger partial charge in [-0.1, -0.05) is 26.0 Å². The molecule has 0 fully saturated rings. The van der Waals surface area contributed by atoms with Crippen LogP contribution < -0.4 is 10.2 Å². The van der Waals surface area contributed by atoms with Crippen LogP contribution in [0.1, 0.15) is 33.3 Å². The van der Waals surface area contributed by atoms with Crippen molar-refractivity contribution in [3.05, 3.63) is 36.0 Å². The maximum absolute atomic E-state index is 4.46. The Labute approximate surface area is 117 Å². The molecule has 0 aliphatic heterocycles. The number of hydrogen-bond acceptors (Lipinski definition) is 3. The number of likely N-dealkylation sites (N-methyl/N-ethyl adjacent to an activating group) is 1. The third-order valence-corrected chi connectivity index (χ3v) is 2.86. The van der Waals surface area contributed by atoms with Crippen LogP contribution in [0.2, 0.25) is 0 Å². The van der Waals surface area contributed by atoms with E-state index in [0.717, 1.165) is 37.6 Å². The van der Waals surface area contributed by atoms with Crippen LogP contribution in [-0.2, 0) is 6.54 Å². The molecular formula is C16H27N3. The first-order valence-electron chi connectivity index (χ1n) is 7.08. The van der Waals surface area contributed by atoms with E-state index in [0.29, 0.717) is 5.92 Å². The molecule has 3 nitrogen and oxygen atoms in total. The highest BCUT2D eigenvalue weighted by Gasteiger charge is 2.06. The van der Waals surface area contributed by atoms with E-state index < -0.39 is 0 Å². The van der Waals surface area contributed by atoms with Gasteiger partial charge in [-0.2, -0.15) is 0 Å². The van der Waals surface area contributed by atoms with Crippen LogP contribution in [0, 0.1) is 5.92 Å². The van der Waals surface area contributed by atoms with Crippen molar-refractivity contribution < 1.29 is 0 Å². The van der Waals surface area contributed by atoms with Gasteiger partial charge in [0.2, 0.25) is 0 Å². The van der Waals surface area contributed by atoms with Crippen LogP contribution in [0.15, 0.2) is 30.5 Å². The number of pyridine rings is 1. The van der Waals surface area contributed by atoms with Gasteiger partial charge in [0.05, 0.1) is 0 Å². The topological polar surface area (TPSA) is 28.2 Å². The molecule has 0 bridgehead atoms. The molecule has 106 valence electrons. The Morgan fingerprint density at radius 1 is 1.47 bits per heavy atom. The molecule has 1 rings (SSSR count). The van der Waals surface area contributed by atoms with E-state index >= 15 is 0 Å². The molecule has 1 N–H and O–H groups in total. The maximum Gasteiger partial charge on any atom is 0.129 e. The maximum atomic E-state index is 4.46. The zero-order valence-corrected chi connectivity index (χ0v) is 12.7. The lowest BCUT2D eigenvalue weighted by Gasteiger charge is -2.22. The quantitative estimate of drug-likeness (QED) is 0.728. The largest absolute Gasteiger partial charge is 0.353 e. The predicted octanol–water partition coefficient (Wildman–Crippen LogP) is 3.23. The molecular weight excluding hydrogens is 234 g/mol. The van der Waals surface area contributed by atoms with Crippen molar-refractivity contribution >= 4 is 5.82 Å². The first-order chi connectivity index (χ1) is 9.02. The van der Waals surface area contributed by atoms with Crippen molar-refractivity contribution in [2.75, 3.05) is 24.5 Å². The van der Waals surface area contributed by atoms with Gasteiger partial charge >= 0.3 is 0 Å². The number of rotatable bonds is 8. The van der Waals surface area contributed by atoms with E-state index in [9.17, 15) is 0 Å². The standard InChI is InChI=1S/C16H27N3/c1-6-19(12-14(4)5)16-9-15(7-8-18-16)11-17-10-13(2)3/h7-9,13,17H,4,6,10-12H2,1-3,5H3. The fourth-order valence-corrected chi connectivity index (χ4v) is 1.93. The van der Waals surface area contributed by atoms with Crippen LogP contribution in [0.5, 0.6) is 0 Å². The van der Waals surface area contributed by atoms with E-state index in [1.165, 1.54) is 5.56 Å². The molecule has 0 unspecified atom stereocenters. The van der Waals surface area contributed by atoms with E-state index in [1.807, 2.05) is 6.20 Å². The van der Waals surface area contributed by atoms with Crippen molar-refractivity contribution in [2.45, 2.75) is 34.2 Å². The molecule has 1 aromatic heterocycles. The molecule has 0 saturated carbocycles. The summed E-state index contributed by atoms with van der Waals surface area (Å²) in [5, 5.41) is 3.46. The first-order valence-corrected chi connectivity index (χ1v) is 7.08. The minimum Gasteiger partial charge on any atom is -0.353 e. The fourth-order valence-electron chi connectivity index (χ4n) is 1.93. The highest BCUT2D eigenvalue weighted by Crippen LogP contribution is 2.13. The van der Waals surface area contributed by atoms with Crippen LogP contribution in [0.3, 0.4) is 0 Å². The summed E-state index contributed by atoms with van der Waals surface area (Å²) in [5.41, 5.74) is 2.44. The van der Waals surface area contributed by atoms with Crippen LogP contribution >= 0.6 is 0 Å². The Morgan fingerprint density at radius 2 is 2.21 bits per heavy atom. The van der Waals surface area contributed by atoms with Gasteiger partial charge in [-0.3, -0.25) is 0 Å². The summed E-state index contributed by atoms with van der Waals surface area (Å²) in [4.78, 5) is 6.71. The summed E-state index contributed by atoms with van der Waals surface area (Å²) in [7, 11) is 0. The highest BCUT2D eigenvalue weighted by atomic mass is 15.2. The van der Waals surface area contributed by atoms with E-state index in [-0.39, 0.29) is 0 Å². The summed E-state index contributed by atoms with van der Waals surface area (Å²) < 4.78 is 0. The lowest BCUT2D eigenvalue weighted by molar-refractivity contribution is 0.552. The third-order valence-electron chi connectivity index (χ3n) is 2.86. The predicted molar refractivity (Wildman–Crippen MR) is 83.5 cm³/mol. The van der Waals surface area contributed by atoms with E-state index in [2.05, 4.69) is 61.6 Å². The summed E-state index contributed by atoms with van der Waals surface area (Å²) in [5.74, 6) is 1.71. The molecule has 0 aliphatic carbocycles. The summed E-state index contributed by atoms with van der Waals surface area (Å²) in [6, 6.07) is 4.24. The average Bonchev–Trinajstić information content (AvgIpc) is 2.35. The molecule has 19 heavy (non-hydrogen) atoms. The minimum absolute atomic E-state index is 0.678. The fraction of sp³-hybridized carbons (Fsp3) is 0.562. The van der Waals surface area contributed by atoms with Crippen molar-refractivity contribution in [1.29, 1.82) is 0 Å². The smallest absolute Gasteiger partial charge is 0.129 e. The molecule has 0 atom stereocenters. The molecule has 3 heteroatoms. The second-order valence-corrected chi connectivity index (χ2v) is 5.52. The van der Waals surface area contributed by atoms with Gasteiger partial charge in [0.15, 0.2) is 0 Å². The summed E-state index contributed by atoms with van der Waals surface area (Å²) >= 11 is 0. The Bertz CT molecular complexity index is 399. The van der Waals surface area contributed by atoms with E-state index in [4.69, 9.17) is 0 Å². The molecule has 1 heterocycles. The molecule has 0 aliphatic rings. The van der Waals surface area contributed by atoms with Gasteiger partial charge in [0.25, 0.3) is 0 Å². The van der Waals surface area contributed by atoms with Crippen LogP contribution in [0.25, 0.3) is 0 Å². The molecule has 0 saturated heterocycles. The Morgan fingerprint density at radius 3 is 2.79 bits per heavy atom. The average molecular weight is 261 g/mol. The monoisotopic (exact) mass is 261 g/mol. The van der Waals surface area contributed by atoms with Crippen molar-refractivity contribution in [3.63, 3.8) is 0 Å². The second-order valence-electron chi connectivity index (χ2n) is 5.52. The number of anilines is 1. The van der Waals surface area contributed by atoms with Gasteiger partial charge in [-0.15, -0.1) is 0 Å². The normalized spacial score (nSPS) is 10.8. The molecule has 1 aromatic rings. The van der Waals surface area contributed by atoms with Gasteiger partial charge in [0, 0.05) is 25.8 Å². The highest BCUT2D eigenvalue weighted by molar-refractivity contribution is 5.42. The lowest BCUT2D eigenvalue weighted by Crippen LogP contribution is -2.26. The molecule has 0 aromatic carbocycles. The number of hydrogen-bond donors (Lipinski definition) is 1. The van der Waals surface area contributed by atoms with Crippen molar-refractivity contribution in [3.8, 4) is 0 Å². The number of aromatic nitrogens is 1.